The van der Waals surface area contributed by atoms with E-state index in [1.165, 1.54) is 31.4 Å². The van der Waals surface area contributed by atoms with E-state index < -0.39 is 28.8 Å². The van der Waals surface area contributed by atoms with Crippen molar-refractivity contribution in [2.45, 2.75) is 12.3 Å². The topological polar surface area (TPSA) is 123 Å². The van der Waals surface area contributed by atoms with Crippen LogP contribution in [0.15, 0.2) is 42.5 Å². The third kappa shape index (κ3) is 6.51. The number of aliphatic hydroxyl groups is 1. The summed E-state index contributed by atoms with van der Waals surface area (Å²) in [4.78, 5) is 22.2. The number of amides is 2. The van der Waals surface area contributed by atoms with Crippen molar-refractivity contribution in [3.05, 3.63) is 58.1 Å². The molecule has 2 rings (SSSR count). The molecule has 9 nitrogen and oxygen atoms in total. The Morgan fingerprint density at radius 1 is 1.27 bits per heavy atom. The van der Waals surface area contributed by atoms with Gasteiger partial charge in [0.15, 0.2) is 0 Å². The molecule has 0 aromatic heterocycles. The van der Waals surface area contributed by atoms with Crippen LogP contribution in [0.1, 0.15) is 5.56 Å². The zero-order chi connectivity index (χ0) is 22.3. The van der Waals surface area contributed by atoms with Gasteiger partial charge >= 0.3 is 12.2 Å². The molecule has 0 aliphatic carbocycles. The van der Waals surface area contributed by atoms with Crippen molar-refractivity contribution in [1.29, 1.82) is 0 Å². The number of alkyl halides is 3. The van der Waals surface area contributed by atoms with Crippen LogP contribution >= 0.6 is 0 Å². The largest absolute Gasteiger partial charge is 0.495 e. The number of nitro groups is 1. The fourth-order valence-electron chi connectivity index (χ4n) is 2.30. The number of rotatable bonds is 8. The Morgan fingerprint density at radius 2 is 2.00 bits per heavy atom. The molecule has 0 unspecified atom stereocenters. The minimum Gasteiger partial charge on any atom is -0.495 e. The Bertz CT molecular complexity index is 907. The molecule has 0 spiro atoms. The number of carbonyl (C=O) groups is 1. The maximum atomic E-state index is 12.7. The van der Waals surface area contributed by atoms with Crippen LogP contribution in [0.5, 0.6) is 11.5 Å². The summed E-state index contributed by atoms with van der Waals surface area (Å²) in [5.41, 5.74) is -1.11. The molecule has 12 heteroatoms. The van der Waals surface area contributed by atoms with E-state index in [1.807, 2.05) is 0 Å². The van der Waals surface area contributed by atoms with Crippen LogP contribution in [0.4, 0.5) is 29.3 Å². The molecule has 2 aromatic carbocycles. The van der Waals surface area contributed by atoms with Crippen molar-refractivity contribution < 1.29 is 37.5 Å². The quantitative estimate of drug-likeness (QED) is 0.438. The number of benzene rings is 2. The Balaban J connectivity index is 1.87. The fraction of sp³-hybridized carbons (Fsp3) is 0.278. The highest BCUT2D eigenvalue weighted by atomic mass is 19.4. The number of halogens is 3. The van der Waals surface area contributed by atoms with Gasteiger partial charge in [-0.3, -0.25) is 10.1 Å². The number of non-ortho nitro benzene ring substituents is 1. The lowest BCUT2D eigenvalue weighted by Crippen LogP contribution is -2.37. The second kappa shape index (κ2) is 9.78. The van der Waals surface area contributed by atoms with Crippen LogP contribution in [-0.4, -0.2) is 42.4 Å². The van der Waals surface area contributed by atoms with Gasteiger partial charge in [-0.15, -0.1) is 0 Å². The molecule has 0 fully saturated rings. The summed E-state index contributed by atoms with van der Waals surface area (Å²) >= 11 is 0. The van der Waals surface area contributed by atoms with Gasteiger partial charge in [-0.25, -0.2) is 4.79 Å². The molecule has 0 bridgehead atoms. The highest BCUT2D eigenvalue weighted by Crippen LogP contribution is 2.31. The predicted octanol–water partition coefficient (Wildman–Crippen LogP) is 3.18. The van der Waals surface area contributed by atoms with Gasteiger partial charge in [0, 0.05) is 18.7 Å². The van der Waals surface area contributed by atoms with Gasteiger partial charge in [0.25, 0.3) is 5.69 Å². The zero-order valence-corrected chi connectivity index (χ0v) is 15.6. The Labute approximate surface area is 168 Å². The van der Waals surface area contributed by atoms with Crippen molar-refractivity contribution in [2.24, 2.45) is 0 Å². The molecule has 1 atom stereocenters. The SMILES string of the molecule is COc1ccc([N+](=O)[O-])cc1NC(=O)NC[C@@H](O)COc1cccc(C(F)(F)F)c1. The van der Waals surface area contributed by atoms with Gasteiger partial charge in [0.05, 0.1) is 23.3 Å². The first kappa shape index (κ1) is 22.7. The molecule has 0 heterocycles. The number of anilines is 1. The number of nitro benzene ring substituents is 1. The molecule has 3 N–H and O–H groups in total. The third-order valence-corrected chi connectivity index (χ3v) is 3.74. The smallest absolute Gasteiger partial charge is 0.416 e. The highest BCUT2D eigenvalue weighted by molar-refractivity contribution is 5.91. The number of ether oxygens (including phenoxy) is 2. The molecule has 30 heavy (non-hydrogen) atoms. The van der Waals surface area contributed by atoms with Crippen LogP contribution < -0.4 is 20.1 Å². The summed E-state index contributed by atoms with van der Waals surface area (Å²) in [7, 11) is 1.32. The molecule has 0 aliphatic heterocycles. The van der Waals surface area contributed by atoms with E-state index in [4.69, 9.17) is 9.47 Å². The lowest BCUT2D eigenvalue weighted by atomic mass is 10.2. The van der Waals surface area contributed by atoms with Crippen molar-refractivity contribution in [1.82, 2.24) is 5.32 Å². The second-order valence-corrected chi connectivity index (χ2v) is 5.97. The summed E-state index contributed by atoms with van der Waals surface area (Å²) in [6, 6.07) is 6.98. The molecule has 2 aromatic rings. The van der Waals surface area contributed by atoms with Gasteiger partial charge in [0.2, 0.25) is 0 Å². The first-order chi connectivity index (χ1) is 14.1. The highest BCUT2D eigenvalue weighted by Gasteiger charge is 2.30. The van der Waals surface area contributed by atoms with E-state index in [0.717, 1.165) is 18.2 Å². The first-order valence-electron chi connectivity index (χ1n) is 8.45. The summed E-state index contributed by atoms with van der Waals surface area (Å²) < 4.78 is 48.1. The lowest BCUT2D eigenvalue weighted by molar-refractivity contribution is -0.384. The molecular formula is C18H18F3N3O6. The minimum absolute atomic E-state index is 0.0407. The number of hydrogen-bond donors (Lipinski definition) is 3. The van der Waals surface area contributed by atoms with Crippen LogP contribution in [0, 0.1) is 10.1 Å². The van der Waals surface area contributed by atoms with E-state index >= 15 is 0 Å². The maximum absolute atomic E-state index is 12.7. The monoisotopic (exact) mass is 429 g/mol. The van der Waals surface area contributed by atoms with E-state index in [9.17, 15) is 33.2 Å². The maximum Gasteiger partial charge on any atom is 0.416 e. The Hall–Kier alpha value is -3.54. The van der Waals surface area contributed by atoms with Crippen LogP contribution in [-0.2, 0) is 6.18 Å². The van der Waals surface area contributed by atoms with Gasteiger partial charge in [-0.1, -0.05) is 6.07 Å². The van der Waals surface area contributed by atoms with Crippen LogP contribution in [0.25, 0.3) is 0 Å². The van der Waals surface area contributed by atoms with Crippen molar-refractivity contribution >= 4 is 17.4 Å². The fourth-order valence-corrected chi connectivity index (χ4v) is 2.30. The first-order valence-corrected chi connectivity index (χ1v) is 8.45. The normalized spacial score (nSPS) is 12.0. The minimum atomic E-state index is -4.52. The molecular weight excluding hydrogens is 411 g/mol. The van der Waals surface area contributed by atoms with Gasteiger partial charge in [-0.2, -0.15) is 13.2 Å². The molecule has 0 aliphatic rings. The average Bonchev–Trinajstić information content (AvgIpc) is 2.70. The molecule has 0 saturated heterocycles. The molecule has 0 saturated carbocycles. The predicted molar refractivity (Wildman–Crippen MR) is 99.6 cm³/mol. The second-order valence-electron chi connectivity index (χ2n) is 5.97. The van der Waals surface area contributed by atoms with Crippen molar-refractivity contribution in [2.75, 3.05) is 25.6 Å². The number of methoxy groups -OCH3 is 1. The number of aliphatic hydroxyl groups excluding tert-OH is 1. The van der Waals surface area contributed by atoms with Crippen molar-refractivity contribution in [3.63, 3.8) is 0 Å². The van der Waals surface area contributed by atoms with Gasteiger partial charge in [-0.05, 0) is 24.3 Å². The third-order valence-electron chi connectivity index (χ3n) is 3.74. The summed E-state index contributed by atoms with van der Waals surface area (Å²) in [5.74, 6) is 0.0961. The number of nitrogens with zero attached hydrogens (tertiary/aromatic N) is 1. The van der Waals surface area contributed by atoms with Crippen LogP contribution in [0.3, 0.4) is 0 Å². The lowest BCUT2D eigenvalue weighted by Gasteiger charge is -2.15. The van der Waals surface area contributed by atoms with E-state index in [1.54, 1.807) is 0 Å². The Morgan fingerprint density at radius 3 is 2.63 bits per heavy atom. The number of nitrogens with one attached hydrogen (secondary N) is 2. The van der Waals surface area contributed by atoms with Gasteiger partial charge < -0.3 is 25.2 Å². The number of urea groups is 1. The standard InChI is InChI=1S/C18H18F3N3O6/c1-29-16-6-5-12(24(27)28)8-15(16)23-17(26)22-9-13(25)10-30-14-4-2-3-11(7-14)18(19,20)21/h2-8,13,25H,9-10H2,1H3,(H2,22,23,26)/t13-/m1/s1. The van der Waals surface area contributed by atoms with Crippen LogP contribution in [0.2, 0.25) is 0 Å². The number of carbonyl (C=O) groups excluding carboxylic acids is 1. The average molecular weight is 429 g/mol. The number of hydrogen-bond acceptors (Lipinski definition) is 6. The summed E-state index contributed by atoms with van der Waals surface area (Å²) in [6.07, 6.45) is -5.75. The Kier molecular flexibility index (Phi) is 7.42. The molecule has 2 amide bonds. The van der Waals surface area contributed by atoms with Gasteiger partial charge in [0.1, 0.15) is 24.2 Å². The van der Waals surface area contributed by atoms with E-state index in [2.05, 4.69) is 10.6 Å². The summed E-state index contributed by atoms with van der Waals surface area (Å²) in [5, 5.41) is 25.4. The van der Waals surface area contributed by atoms with E-state index in [-0.39, 0.29) is 36.0 Å². The molecule has 0 radical (unpaired) electrons. The van der Waals surface area contributed by atoms with E-state index in [0.29, 0.717) is 0 Å². The summed E-state index contributed by atoms with van der Waals surface area (Å²) in [6.45, 7) is -0.663. The molecule has 162 valence electrons. The zero-order valence-electron chi connectivity index (χ0n) is 15.6. The van der Waals surface area contributed by atoms with Crippen molar-refractivity contribution in [3.8, 4) is 11.5 Å².